The maximum atomic E-state index is 12.3. The van der Waals surface area contributed by atoms with E-state index in [1.807, 2.05) is 54.6 Å². The molecule has 1 amide bonds. The molecule has 0 aliphatic heterocycles. The van der Waals surface area contributed by atoms with Crippen LogP contribution in [0.4, 0.5) is 0 Å². The highest BCUT2D eigenvalue weighted by atomic mass is 16.2. The van der Waals surface area contributed by atoms with Gasteiger partial charge in [-0.25, -0.2) is 0 Å². The molecule has 0 fully saturated rings. The molecule has 1 heterocycles. The number of nitrogens with one attached hydrogen (secondary N) is 2. The lowest BCUT2D eigenvalue weighted by atomic mass is 10.1. The van der Waals surface area contributed by atoms with Crippen LogP contribution in [0.2, 0.25) is 0 Å². The number of carbonyl (C=O) groups excluding carboxylic acids is 2. The van der Waals surface area contributed by atoms with Crippen molar-refractivity contribution in [1.82, 2.24) is 10.3 Å². The molecule has 3 aromatic rings. The first kappa shape index (κ1) is 14.1. The van der Waals surface area contributed by atoms with Crippen LogP contribution in [0.25, 0.3) is 10.9 Å². The lowest BCUT2D eigenvalue weighted by Crippen LogP contribution is -2.37. The summed E-state index contributed by atoms with van der Waals surface area (Å²) >= 11 is 0. The van der Waals surface area contributed by atoms with Gasteiger partial charge in [-0.2, -0.15) is 0 Å². The van der Waals surface area contributed by atoms with E-state index in [2.05, 4.69) is 10.3 Å². The summed E-state index contributed by atoms with van der Waals surface area (Å²) in [6.07, 6.45) is 1.25. The van der Waals surface area contributed by atoms with Gasteiger partial charge in [0.05, 0.1) is 6.04 Å². The molecular formula is C18H16N2O2. The molecule has 0 unspecified atom stereocenters. The molecule has 1 aromatic heterocycles. The average molecular weight is 292 g/mol. The van der Waals surface area contributed by atoms with E-state index in [0.29, 0.717) is 12.1 Å². The molecule has 110 valence electrons. The number of hydrogen-bond donors (Lipinski definition) is 2. The molecule has 3 rings (SSSR count). The van der Waals surface area contributed by atoms with E-state index in [9.17, 15) is 9.59 Å². The predicted molar refractivity (Wildman–Crippen MR) is 85.8 cm³/mol. The number of para-hydroxylation sites is 1. The second-order valence-corrected chi connectivity index (χ2v) is 5.18. The molecule has 1 atom stereocenters. The lowest BCUT2D eigenvalue weighted by Gasteiger charge is -2.12. The fourth-order valence-electron chi connectivity index (χ4n) is 2.44. The summed E-state index contributed by atoms with van der Waals surface area (Å²) in [7, 11) is 0. The molecule has 2 N–H and O–H groups in total. The number of aromatic nitrogens is 1. The summed E-state index contributed by atoms with van der Waals surface area (Å²) in [5.74, 6) is -0.274. The Morgan fingerprint density at radius 2 is 1.82 bits per heavy atom. The molecule has 0 saturated heterocycles. The SMILES string of the molecule is O=C[C@H](Cc1ccccc1)NC(=O)c1cc2ccccc2[nH]1. The molecule has 0 spiro atoms. The van der Waals surface area contributed by atoms with Crippen molar-refractivity contribution in [2.24, 2.45) is 0 Å². The van der Waals surface area contributed by atoms with Crippen LogP contribution in [0.15, 0.2) is 60.7 Å². The van der Waals surface area contributed by atoms with E-state index in [-0.39, 0.29) is 5.91 Å². The van der Waals surface area contributed by atoms with Gasteiger partial charge >= 0.3 is 0 Å². The van der Waals surface area contributed by atoms with Gasteiger partial charge in [0.2, 0.25) is 0 Å². The second-order valence-electron chi connectivity index (χ2n) is 5.18. The van der Waals surface area contributed by atoms with Crippen molar-refractivity contribution in [3.05, 3.63) is 71.9 Å². The molecule has 4 heteroatoms. The third-order valence-electron chi connectivity index (χ3n) is 3.55. The first-order valence-electron chi connectivity index (χ1n) is 7.14. The molecular weight excluding hydrogens is 276 g/mol. The number of H-pyrrole nitrogens is 1. The van der Waals surface area contributed by atoms with Gasteiger partial charge in [0.15, 0.2) is 0 Å². The molecule has 22 heavy (non-hydrogen) atoms. The van der Waals surface area contributed by atoms with Crippen LogP contribution in [-0.2, 0) is 11.2 Å². The van der Waals surface area contributed by atoms with Crippen molar-refractivity contribution in [3.63, 3.8) is 0 Å². The Balaban J connectivity index is 1.72. The second kappa shape index (κ2) is 6.26. The highest BCUT2D eigenvalue weighted by Crippen LogP contribution is 2.14. The molecule has 0 saturated carbocycles. The first-order chi connectivity index (χ1) is 10.8. The Morgan fingerprint density at radius 3 is 2.55 bits per heavy atom. The number of aromatic amines is 1. The Morgan fingerprint density at radius 1 is 1.09 bits per heavy atom. The molecule has 0 radical (unpaired) electrons. The minimum absolute atomic E-state index is 0.274. The fraction of sp³-hybridized carbons (Fsp3) is 0.111. The summed E-state index contributed by atoms with van der Waals surface area (Å²) < 4.78 is 0. The third-order valence-corrected chi connectivity index (χ3v) is 3.55. The van der Waals surface area contributed by atoms with Crippen LogP contribution >= 0.6 is 0 Å². The van der Waals surface area contributed by atoms with Gasteiger partial charge in [-0.15, -0.1) is 0 Å². The van der Waals surface area contributed by atoms with Crippen LogP contribution in [0.3, 0.4) is 0 Å². The summed E-state index contributed by atoms with van der Waals surface area (Å²) in [6, 6.07) is 18.5. The number of benzene rings is 2. The van der Waals surface area contributed by atoms with Gasteiger partial charge in [-0.1, -0.05) is 48.5 Å². The Bertz CT molecular complexity index is 760. The Kier molecular flexibility index (Phi) is 4.01. The number of rotatable bonds is 5. The zero-order chi connectivity index (χ0) is 15.4. The zero-order valence-electron chi connectivity index (χ0n) is 12.0. The highest BCUT2D eigenvalue weighted by molar-refractivity contribution is 5.99. The topological polar surface area (TPSA) is 62.0 Å². The summed E-state index contributed by atoms with van der Waals surface area (Å²) in [5, 5.41) is 3.72. The Hall–Kier alpha value is -2.88. The first-order valence-corrected chi connectivity index (χ1v) is 7.14. The van der Waals surface area contributed by atoms with Crippen LogP contribution in [-0.4, -0.2) is 23.2 Å². The lowest BCUT2D eigenvalue weighted by molar-refractivity contribution is -0.109. The summed E-state index contributed by atoms with van der Waals surface area (Å²) in [6.45, 7) is 0. The largest absolute Gasteiger partial charge is 0.351 e. The van der Waals surface area contributed by atoms with Crippen molar-refractivity contribution in [2.45, 2.75) is 12.5 Å². The predicted octanol–water partition coefficient (Wildman–Crippen LogP) is 2.71. The van der Waals surface area contributed by atoms with E-state index in [1.54, 1.807) is 6.07 Å². The molecule has 0 aliphatic carbocycles. The minimum atomic E-state index is -0.540. The standard InChI is InChI=1S/C18H16N2O2/c21-12-15(10-13-6-2-1-3-7-13)19-18(22)17-11-14-8-4-5-9-16(14)20-17/h1-9,11-12,15,20H,10H2,(H,19,22)/t15-/m0/s1. The van der Waals surface area contributed by atoms with Crippen LogP contribution in [0.5, 0.6) is 0 Å². The molecule has 0 bridgehead atoms. The number of fused-ring (bicyclic) bond motifs is 1. The highest BCUT2D eigenvalue weighted by Gasteiger charge is 2.15. The van der Waals surface area contributed by atoms with Crippen LogP contribution < -0.4 is 5.32 Å². The normalized spacial score (nSPS) is 12.0. The molecule has 0 aliphatic rings. The molecule has 2 aromatic carbocycles. The maximum absolute atomic E-state index is 12.3. The zero-order valence-corrected chi connectivity index (χ0v) is 12.0. The maximum Gasteiger partial charge on any atom is 0.268 e. The quantitative estimate of drug-likeness (QED) is 0.710. The van der Waals surface area contributed by atoms with Gasteiger partial charge in [0.25, 0.3) is 5.91 Å². The summed E-state index contributed by atoms with van der Waals surface area (Å²) in [5.41, 5.74) is 2.37. The van der Waals surface area contributed by atoms with Gasteiger partial charge in [0.1, 0.15) is 12.0 Å². The molecule has 4 nitrogen and oxygen atoms in total. The Labute approximate surface area is 128 Å². The number of carbonyl (C=O) groups is 2. The van der Waals surface area contributed by atoms with Gasteiger partial charge < -0.3 is 15.1 Å². The van der Waals surface area contributed by atoms with Crippen molar-refractivity contribution in [1.29, 1.82) is 0 Å². The average Bonchev–Trinajstić information content (AvgIpc) is 2.99. The van der Waals surface area contributed by atoms with Crippen LogP contribution in [0, 0.1) is 0 Å². The number of aldehydes is 1. The van der Waals surface area contributed by atoms with E-state index in [0.717, 1.165) is 22.8 Å². The number of amides is 1. The van der Waals surface area contributed by atoms with E-state index in [1.165, 1.54) is 0 Å². The summed E-state index contributed by atoms with van der Waals surface area (Å²) in [4.78, 5) is 26.6. The van der Waals surface area contributed by atoms with Crippen LogP contribution in [0.1, 0.15) is 16.1 Å². The van der Waals surface area contributed by atoms with Crippen molar-refractivity contribution >= 4 is 23.1 Å². The van der Waals surface area contributed by atoms with E-state index >= 15 is 0 Å². The van der Waals surface area contributed by atoms with Crippen molar-refractivity contribution in [2.75, 3.05) is 0 Å². The number of hydrogen-bond acceptors (Lipinski definition) is 2. The fourth-order valence-corrected chi connectivity index (χ4v) is 2.44. The monoisotopic (exact) mass is 292 g/mol. The van der Waals surface area contributed by atoms with Crippen molar-refractivity contribution < 1.29 is 9.59 Å². The van der Waals surface area contributed by atoms with Crippen molar-refractivity contribution in [3.8, 4) is 0 Å². The third kappa shape index (κ3) is 3.06. The smallest absolute Gasteiger partial charge is 0.268 e. The minimum Gasteiger partial charge on any atom is -0.351 e. The van der Waals surface area contributed by atoms with Gasteiger partial charge in [-0.05, 0) is 24.1 Å². The van der Waals surface area contributed by atoms with E-state index < -0.39 is 6.04 Å². The van der Waals surface area contributed by atoms with E-state index in [4.69, 9.17) is 0 Å². The van der Waals surface area contributed by atoms with Gasteiger partial charge in [0, 0.05) is 10.9 Å². The van der Waals surface area contributed by atoms with Gasteiger partial charge in [-0.3, -0.25) is 4.79 Å².